The quantitative estimate of drug-likeness (QED) is 0.745. The van der Waals surface area contributed by atoms with Gasteiger partial charge in [0.15, 0.2) is 0 Å². The first-order valence-corrected chi connectivity index (χ1v) is 5.65. The van der Waals surface area contributed by atoms with Crippen molar-refractivity contribution in [1.29, 1.82) is 0 Å². The van der Waals surface area contributed by atoms with Crippen molar-refractivity contribution in [3.63, 3.8) is 0 Å². The van der Waals surface area contributed by atoms with Gasteiger partial charge in [0.05, 0.1) is 6.04 Å². The molecule has 0 spiro atoms. The SMILES string of the molecule is CCC1NCCC(F)(F)C1NC(C)(C)C. The van der Waals surface area contributed by atoms with Gasteiger partial charge in [-0.05, 0) is 27.2 Å². The molecule has 0 amide bonds. The molecule has 0 saturated carbocycles. The first-order valence-electron chi connectivity index (χ1n) is 5.65. The van der Waals surface area contributed by atoms with E-state index >= 15 is 0 Å². The Morgan fingerprint density at radius 2 is 2.00 bits per heavy atom. The second-order valence-electron chi connectivity index (χ2n) is 5.35. The summed E-state index contributed by atoms with van der Waals surface area (Å²) in [6, 6.07) is -0.885. The van der Waals surface area contributed by atoms with Crippen molar-refractivity contribution in [1.82, 2.24) is 10.6 Å². The normalized spacial score (nSPS) is 31.6. The Hall–Kier alpha value is -0.220. The van der Waals surface area contributed by atoms with E-state index in [1.165, 1.54) is 0 Å². The molecule has 2 unspecified atom stereocenters. The van der Waals surface area contributed by atoms with E-state index in [4.69, 9.17) is 0 Å². The number of rotatable bonds is 2. The molecule has 1 heterocycles. The summed E-state index contributed by atoms with van der Waals surface area (Å²) in [6.07, 6.45) is 0.653. The van der Waals surface area contributed by atoms with Crippen LogP contribution in [0.5, 0.6) is 0 Å². The van der Waals surface area contributed by atoms with Gasteiger partial charge in [0, 0.05) is 24.5 Å². The third-order valence-corrected chi connectivity index (χ3v) is 2.75. The predicted octanol–water partition coefficient (Wildman–Crippen LogP) is 2.15. The summed E-state index contributed by atoms with van der Waals surface area (Å²) in [5, 5.41) is 6.19. The van der Waals surface area contributed by atoms with E-state index < -0.39 is 12.0 Å². The lowest BCUT2D eigenvalue weighted by molar-refractivity contribution is -0.0792. The third kappa shape index (κ3) is 3.38. The molecule has 1 rings (SSSR count). The molecule has 0 aromatic rings. The zero-order valence-corrected chi connectivity index (χ0v) is 10.0. The molecule has 2 atom stereocenters. The molecule has 0 aromatic heterocycles. The largest absolute Gasteiger partial charge is 0.312 e. The second kappa shape index (κ2) is 4.34. The summed E-state index contributed by atoms with van der Waals surface area (Å²) >= 11 is 0. The number of piperidine rings is 1. The van der Waals surface area contributed by atoms with Gasteiger partial charge in [-0.1, -0.05) is 6.92 Å². The van der Waals surface area contributed by atoms with Crippen LogP contribution in [0.1, 0.15) is 40.5 Å². The maximum atomic E-state index is 13.7. The molecule has 0 aromatic carbocycles. The molecular formula is C11H22F2N2. The fraction of sp³-hybridized carbons (Fsp3) is 1.00. The predicted molar refractivity (Wildman–Crippen MR) is 58.3 cm³/mol. The minimum atomic E-state index is -2.60. The average molecular weight is 220 g/mol. The second-order valence-corrected chi connectivity index (χ2v) is 5.35. The van der Waals surface area contributed by atoms with Crippen LogP contribution in [-0.2, 0) is 0 Å². The fourth-order valence-electron chi connectivity index (χ4n) is 2.04. The van der Waals surface area contributed by atoms with Crippen LogP contribution in [0.15, 0.2) is 0 Å². The van der Waals surface area contributed by atoms with Gasteiger partial charge < -0.3 is 10.6 Å². The van der Waals surface area contributed by atoms with E-state index in [9.17, 15) is 8.78 Å². The molecule has 2 nitrogen and oxygen atoms in total. The first kappa shape index (κ1) is 12.8. The van der Waals surface area contributed by atoms with Gasteiger partial charge in [-0.15, -0.1) is 0 Å². The fourth-order valence-corrected chi connectivity index (χ4v) is 2.04. The summed E-state index contributed by atoms with van der Waals surface area (Å²) in [5.41, 5.74) is -0.277. The summed E-state index contributed by atoms with van der Waals surface area (Å²) in [7, 11) is 0. The number of hydrogen-bond donors (Lipinski definition) is 2. The summed E-state index contributed by atoms with van der Waals surface area (Å²) in [4.78, 5) is 0. The number of hydrogen-bond acceptors (Lipinski definition) is 2. The van der Waals surface area contributed by atoms with E-state index in [2.05, 4.69) is 10.6 Å². The number of nitrogens with one attached hydrogen (secondary N) is 2. The van der Waals surface area contributed by atoms with Crippen LogP contribution in [-0.4, -0.2) is 30.1 Å². The molecule has 1 saturated heterocycles. The molecule has 1 aliphatic rings. The van der Waals surface area contributed by atoms with Crippen LogP contribution < -0.4 is 10.6 Å². The molecule has 0 aliphatic carbocycles. The molecule has 0 bridgehead atoms. The summed E-state index contributed by atoms with van der Waals surface area (Å²) in [5.74, 6) is -2.60. The molecular weight excluding hydrogens is 198 g/mol. The highest BCUT2D eigenvalue weighted by Gasteiger charge is 2.47. The van der Waals surface area contributed by atoms with Gasteiger partial charge in [-0.2, -0.15) is 0 Å². The molecule has 0 radical (unpaired) electrons. The first-order chi connectivity index (χ1) is 6.76. The van der Waals surface area contributed by atoms with E-state index in [-0.39, 0.29) is 18.0 Å². The van der Waals surface area contributed by atoms with Crippen LogP contribution in [0.3, 0.4) is 0 Å². The van der Waals surface area contributed by atoms with E-state index in [0.717, 1.165) is 6.42 Å². The van der Waals surface area contributed by atoms with Crippen LogP contribution in [0.2, 0.25) is 0 Å². The van der Waals surface area contributed by atoms with Crippen LogP contribution >= 0.6 is 0 Å². The number of halogens is 2. The Bertz CT molecular complexity index is 211. The van der Waals surface area contributed by atoms with Gasteiger partial charge in [0.1, 0.15) is 0 Å². The van der Waals surface area contributed by atoms with Crippen molar-refractivity contribution in [2.75, 3.05) is 6.54 Å². The van der Waals surface area contributed by atoms with Crippen molar-refractivity contribution in [2.45, 2.75) is 64.1 Å². The topological polar surface area (TPSA) is 24.1 Å². The number of alkyl halides is 2. The highest BCUT2D eigenvalue weighted by atomic mass is 19.3. The highest BCUT2D eigenvalue weighted by Crippen LogP contribution is 2.30. The minimum Gasteiger partial charge on any atom is -0.312 e. The van der Waals surface area contributed by atoms with Gasteiger partial charge in [0.25, 0.3) is 5.92 Å². The van der Waals surface area contributed by atoms with Crippen molar-refractivity contribution in [2.24, 2.45) is 0 Å². The van der Waals surface area contributed by atoms with Crippen LogP contribution in [0.4, 0.5) is 8.78 Å². The van der Waals surface area contributed by atoms with Gasteiger partial charge in [-0.25, -0.2) is 8.78 Å². The highest BCUT2D eigenvalue weighted by molar-refractivity contribution is 4.99. The van der Waals surface area contributed by atoms with E-state index in [1.54, 1.807) is 0 Å². The van der Waals surface area contributed by atoms with Crippen molar-refractivity contribution in [3.05, 3.63) is 0 Å². The van der Waals surface area contributed by atoms with Gasteiger partial charge >= 0.3 is 0 Å². The third-order valence-electron chi connectivity index (χ3n) is 2.75. The maximum absolute atomic E-state index is 13.7. The Morgan fingerprint density at radius 1 is 1.40 bits per heavy atom. The summed E-state index contributed by atoms with van der Waals surface area (Å²) < 4.78 is 27.5. The monoisotopic (exact) mass is 220 g/mol. The molecule has 1 fully saturated rings. The lowest BCUT2D eigenvalue weighted by atomic mass is 9.90. The van der Waals surface area contributed by atoms with E-state index in [1.807, 2.05) is 27.7 Å². The lowest BCUT2D eigenvalue weighted by Gasteiger charge is -2.42. The Morgan fingerprint density at radius 3 is 2.47 bits per heavy atom. The van der Waals surface area contributed by atoms with Crippen molar-refractivity contribution >= 4 is 0 Å². The van der Waals surface area contributed by atoms with Crippen molar-refractivity contribution < 1.29 is 8.78 Å². The molecule has 1 aliphatic heterocycles. The standard InChI is InChI=1S/C11H22F2N2/c1-5-8-9(15-10(2,3)4)11(12,13)6-7-14-8/h8-9,14-15H,5-7H2,1-4H3. The zero-order valence-electron chi connectivity index (χ0n) is 10.0. The minimum absolute atomic E-state index is 0.0722. The lowest BCUT2D eigenvalue weighted by Crippen LogP contribution is -2.65. The molecule has 4 heteroatoms. The van der Waals surface area contributed by atoms with Crippen LogP contribution in [0, 0.1) is 0 Å². The Balaban J connectivity index is 2.76. The molecule has 90 valence electrons. The van der Waals surface area contributed by atoms with Gasteiger partial charge in [0.2, 0.25) is 0 Å². The van der Waals surface area contributed by atoms with Crippen molar-refractivity contribution in [3.8, 4) is 0 Å². The molecule has 15 heavy (non-hydrogen) atoms. The molecule has 2 N–H and O–H groups in total. The Labute approximate surface area is 90.8 Å². The Kier molecular flexibility index (Phi) is 3.71. The summed E-state index contributed by atoms with van der Waals surface area (Å²) in [6.45, 7) is 8.11. The van der Waals surface area contributed by atoms with E-state index in [0.29, 0.717) is 6.54 Å². The smallest absolute Gasteiger partial charge is 0.265 e. The van der Waals surface area contributed by atoms with Gasteiger partial charge in [-0.3, -0.25) is 0 Å². The van der Waals surface area contributed by atoms with Crippen LogP contribution in [0.25, 0.3) is 0 Å². The zero-order chi connectivity index (χ0) is 11.7. The maximum Gasteiger partial charge on any atom is 0.265 e. The average Bonchev–Trinajstić information content (AvgIpc) is 2.06.